The second kappa shape index (κ2) is 8.27. The quantitative estimate of drug-likeness (QED) is 0.582. The summed E-state index contributed by atoms with van der Waals surface area (Å²) in [7, 11) is -2.50. The molecule has 1 aliphatic heterocycles. The van der Waals surface area contributed by atoms with Crippen LogP contribution in [-0.2, 0) is 9.16 Å². The molecule has 140 valence electrons. The number of allylic oxidation sites excluding steroid dienone is 1. The molecule has 0 saturated carbocycles. The van der Waals surface area contributed by atoms with E-state index in [1.54, 1.807) is 0 Å². The summed E-state index contributed by atoms with van der Waals surface area (Å²) in [4.78, 5) is 0. The van der Waals surface area contributed by atoms with Gasteiger partial charge in [-0.1, -0.05) is 87.4 Å². The molecule has 0 N–H and O–H groups in total. The normalized spacial score (nSPS) is 19.2. The minimum atomic E-state index is -2.50. The zero-order valence-electron chi connectivity index (χ0n) is 16.4. The molecule has 2 aromatic rings. The topological polar surface area (TPSA) is 18.5 Å². The van der Waals surface area contributed by atoms with Gasteiger partial charge >= 0.3 is 0 Å². The second-order valence-corrected chi connectivity index (χ2v) is 12.4. The Morgan fingerprint density at radius 3 is 2.11 bits per heavy atom. The molecule has 1 heterocycles. The van der Waals surface area contributed by atoms with Gasteiger partial charge in [-0.05, 0) is 33.5 Å². The highest BCUT2D eigenvalue weighted by atomic mass is 28.4. The third-order valence-corrected chi connectivity index (χ3v) is 10.2. The minimum absolute atomic E-state index is 0.0220. The van der Waals surface area contributed by atoms with Crippen LogP contribution in [0.15, 0.2) is 72.3 Å². The summed E-state index contributed by atoms with van der Waals surface area (Å²) in [5.74, 6) is 2.60. The zero-order chi connectivity index (χ0) is 19.3. The molecule has 3 heteroatoms. The third-order valence-electron chi connectivity index (χ3n) is 5.18. The van der Waals surface area contributed by atoms with Gasteiger partial charge in [-0.3, -0.25) is 0 Å². The first-order chi connectivity index (χ1) is 13.0. The molecule has 0 aliphatic carbocycles. The number of ether oxygens (including phenoxy) is 1. The van der Waals surface area contributed by atoms with Crippen LogP contribution in [0, 0.1) is 12.3 Å². The van der Waals surface area contributed by atoms with E-state index in [0.29, 0.717) is 13.2 Å². The van der Waals surface area contributed by atoms with Gasteiger partial charge in [0.1, 0.15) is 0 Å². The standard InChI is InChI=1S/C24H28O2Si/c1-5-12-20-17-21(25-18-20)19-26-27(24(2,3)4,22-13-8-6-9-14-22)23-15-10-7-11-16-23/h1,6-16,21H,17-19H2,2-4H3/b20-12-. The Bertz CT molecular complexity index is 773. The van der Waals surface area contributed by atoms with Crippen molar-refractivity contribution in [1.82, 2.24) is 0 Å². The van der Waals surface area contributed by atoms with E-state index in [1.165, 1.54) is 15.9 Å². The van der Waals surface area contributed by atoms with Gasteiger partial charge in [0.2, 0.25) is 0 Å². The molecule has 1 unspecified atom stereocenters. The number of terminal acetylenes is 1. The number of benzene rings is 2. The van der Waals surface area contributed by atoms with Crippen LogP contribution >= 0.6 is 0 Å². The molecule has 0 spiro atoms. The maximum atomic E-state index is 6.91. The fraction of sp³-hybridized carbons (Fsp3) is 0.333. The average molecular weight is 377 g/mol. The van der Waals surface area contributed by atoms with Crippen molar-refractivity contribution in [2.45, 2.75) is 38.3 Å². The summed E-state index contributed by atoms with van der Waals surface area (Å²) >= 11 is 0. The Labute approximate surface area is 164 Å². The van der Waals surface area contributed by atoms with E-state index in [2.05, 4.69) is 87.4 Å². The summed E-state index contributed by atoms with van der Waals surface area (Å²) in [6.45, 7) is 8.06. The molecule has 0 aromatic heterocycles. The van der Waals surface area contributed by atoms with Gasteiger partial charge < -0.3 is 9.16 Å². The number of hydrogen-bond donors (Lipinski definition) is 0. The smallest absolute Gasteiger partial charge is 0.261 e. The van der Waals surface area contributed by atoms with Crippen molar-refractivity contribution in [1.29, 1.82) is 0 Å². The van der Waals surface area contributed by atoms with Crippen LogP contribution < -0.4 is 10.4 Å². The lowest BCUT2D eigenvalue weighted by molar-refractivity contribution is 0.0657. The van der Waals surface area contributed by atoms with Crippen molar-refractivity contribution >= 4 is 18.7 Å². The van der Waals surface area contributed by atoms with E-state index in [-0.39, 0.29) is 11.1 Å². The molecule has 2 aromatic carbocycles. The summed E-state index contributed by atoms with van der Waals surface area (Å²) < 4.78 is 12.8. The molecule has 1 fully saturated rings. The zero-order valence-corrected chi connectivity index (χ0v) is 17.4. The second-order valence-electron chi connectivity index (χ2n) is 8.08. The van der Waals surface area contributed by atoms with Gasteiger partial charge in [0.05, 0.1) is 19.3 Å². The van der Waals surface area contributed by atoms with Gasteiger partial charge in [0.15, 0.2) is 0 Å². The Morgan fingerprint density at radius 2 is 1.63 bits per heavy atom. The van der Waals surface area contributed by atoms with Crippen molar-refractivity contribution < 1.29 is 9.16 Å². The van der Waals surface area contributed by atoms with E-state index >= 15 is 0 Å². The highest BCUT2D eigenvalue weighted by molar-refractivity contribution is 6.99. The fourth-order valence-corrected chi connectivity index (χ4v) is 8.53. The van der Waals surface area contributed by atoms with Crippen molar-refractivity contribution in [3.8, 4) is 12.3 Å². The van der Waals surface area contributed by atoms with E-state index in [1.807, 2.05) is 6.08 Å². The van der Waals surface area contributed by atoms with Crippen molar-refractivity contribution in [2.24, 2.45) is 0 Å². The molecule has 0 radical (unpaired) electrons. The minimum Gasteiger partial charge on any atom is -0.405 e. The first-order valence-electron chi connectivity index (χ1n) is 9.48. The Hall–Kier alpha value is -2.12. The molecule has 27 heavy (non-hydrogen) atoms. The average Bonchev–Trinajstić information content (AvgIpc) is 3.11. The molecule has 3 rings (SSSR count). The predicted octanol–water partition coefficient (Wildman–Crippen LogP) is 3.91. The molecule has 0 amide bonds. The summed E-state index contributed by atoms with van der Waals surface area (Å²) in [5.41, 5.74) is 1.17. The molecule has 1 aliphatic rings. The van der Waals surface area contributed by atoms with Gasteiger partial charge in [0, 0.05) is 0 Å². The molecule has 0 bridgehead atoms. The molecule has 1 atom stereocenters. The fourth-order valence-electron chi connectivity index (χ4n) is 3.94. The maximum absolute atomic E-state index is 6.91. The van der Waals surface area contributed by atoms with Crippen LogP contribution in [0.25, 0.3) is 0 Å². The Kier molecular flexibility index (Phi) is 6.01. The van der Waals surface area contributed by atoms with Crippen LogP contribution in [0.1, 0.15) is 27.2 Å². The van der Waals surface area contributed by atoms with Crippen molar-refractivity contribution in [2.75, 3.05) is 13.2 Å². The van der Waals surface area contributed by atoms with Crippen molar-refractivity contribution in [3.05, 3.63) is 72.3 Å². The Balaban J connectivity index is 1.98. The van der Waals surface area contributed by atoms with Crippen molar-refractivity contribution in [3.63, 3.8) is 0 Å². The van der Waals surface area contributed by atoms with E-state index in [9.17, 15) is 0 Å². The Morgan fingerprint density at radius 1 is 1.07 bits per heavy atom. The summed E-state index contributed by atoms with van der Waals surface area (Å²) in [6, 6.07) is 21.4. The molecular formula is C24H28O2Si. The van der Waals surface area contributed by atoms with Crippen LogP contribution in [0.2, 0.25) is 5.04 Å². The van der Waals surface area contributed by atoms with E-state index in [4.69, 9.17) is 15.6 Å². The SMILES string of the molecule is C#C/C=C1\COC(CO[Si](c2ccccc2)(c2ccccc2)C(C)(C)C)C1. The molecule has 1 saturated heterocycles. The summed E-state index contributed by atoms with van der Waals surface area (Å²) in [5, 5.41) is 2.56. The van der Waals surface area contributed by atoms with Gasteiger partial charge in [-0.15, -0.1) is 6.42 Å². The number of rotatable bonds is 5. The highest BCUT2D eigenvalue weighted by Gasteiger charge is 2.50. The van der Waals surface area contributed by atoms with Gasteiger partial charge in [-0.2, -0.15) is 0 Å². The summed E-state index contributed by atoms with van der Waals surface area (Å²) in [6.07, 6.45) is 8.13. The first kappa shape index (κ1) is 19.6. The number of hydrogen-bond acceptors (Lipinski definition) is 2. The lowest BCUT2D eigenvalue weighted by Gasteiger charge is -2.43. The first-order valence-corrected chi connectivity index (χ1v) is 11.4. The van der Waals surface area contributed by atoms with Crippen LogP contribution in [0.3, 0.4) is 0 Å². The van der Waals surface area contributed by atoms with Gasteiger partial charge in [-0.25, -0.2) is 0 Å². The van der Waals surface area contributed by atoms with Crippen LogP contribution in [-0.4, -0.2) is 27.6 Å². The molecule has 2 nitrogen and oxygen atoms in total. The van der Waals surface area contributed by atoms with E-state index in [0.717, 1.165) is 6.42 Å². The maximum Gasteiger partial charge on any atom is 0.261 e. The third kappa shape index (κ3) is 4.09. The molecular weight excluding hydrogens is 348 g/mol. The lowest BCUT2D eigenvalue weighted by atomic mass is 10.1. The van der Waals surface area contributed by atoms with E-state index < -0.39 is 8.32 Å². The lowest BCUT2D eigenvalue weighted by Crippen LogP contribution is -2.67. The van der Waals surface area contributed by atoms with Crippen LogP contribution in [0.4, 0.5) is 0 Å². The van der Waals surface area contributed by atoms with Crippen LogP contribution in [0.5, 0.6) is 0 Å². The largest absolute Gasteiger partial charge is 0.405 e. The van der Waals surface area contributed by atoms with Gasteiger partial charge in [0.25, 0.3) is 8.32 Å². The predicted molar refractivity (Wildman–Crippen MR) is 115 cm³/mol. The highest BCUT2D eigenvalue weighted by Crippen LogP contribution is 2.37. The monoisotopic (exact) mass is 376 g/mol.